The summed E-state index contributed by atoms with van der Waals surface area (Å²) in [5.74, 6) is 1.10. The Balaban J connectivity index is 0.00000137. The Labute approximate surface area is 201 Å². The second kappa shape index (κ2) is 12.1. The van der Waals surface area contributed by atoms with Gasteiger partial charge < -0.3 is 15.6 Å². The number of nitrogens with zero attached hydrogens (tertiary/aromatic N) is 2. The van der Waals surface area contributed by atoms with Gasteiger partial charge in [0.1, 0.15) is 30.6 Å². The molecule has 0 saturated heterocycles. The van der Waals surface area contributed by atoms with Crippen molar-refractivity contribution in [1.82, 2.24) is 4.98 Å². The van der Waals surface area contributed by atoms with E-state index >= 15 is 0 Å². The van der Waals surface area contributed by atoms with Crippen LogP contribution in [0.15, 0.2) is 41.5 Å². The molecule has 186 valence electrons. The van der Waals surface area contributed by atoms with Crippen molar-refractivity contribution in [3.63, 3.8) is 0 Å². The number of carbonyl (C=O) groups is 2. The Bertz CT molecular complexity index is 1140. The number of hydrogen-bond acceptors (Lipinski definition) is 6. The van der Waals surface area contributed by atoms with Crippen LogP contribution in [0.2, 0.25) is 0 Å². The number of pyridine rings is 1. The molecule has 0 bridgehead atoms. The number of benzene rings is 1. The topological polar surface area (TPSA) is 115 Å². The third-order valence-electron chi connectivity index (χ3n) is 5.19. The van der Waals surface area contributed by atoms with Gasteiger partial charge in [-0.2, -0.15) is 0 Å². The van der Waals surface area contributed by atoms with Gasteiger partial charge in [0.25, 0.3) is 12.4 Å². The van der Waals surface area contributed by atoms with Crippen molar-refractivity contribution < 1.29 is 32.6 Å². The number of ether oxygens (including phenoxy) is 1. The number of alkyl halides is 2. The van der Waals surface area contributed by atoms with Crippen molar-refractivity contribution in [2.24, 2.45) is 10.7 Å². The normalized spacial score (nSPS) is 18.6. The Kier molecular flexibility index (Phi) is 9.54. The summed E-state index contributed by atoms with van der Waals surface area (Å²) in [6.45, 7) is 1.67. The molecule has 0 saturated carbocycles. The van der Waals surface area contributed by atoms with Crippen LogP contribution in [-0.4, -0.2) is 47.3 Å². The molecule has 7 nitrogen and oxygen atoms in total. The highest BCUT2D eigenvalue weighted by Gasteiger charge is 2.54. The number of ketones is 1. The van der Waals surface area contributed by atoms with E-state index in [0.29, 0.717) is 11.1 Å². The lowest BCUT2D eigenvalue weighted by Gasteiger charge is -2.33. The van der Waals surface area contributed by atoms with Crippen molar-refractivity contribution in [2.75, 3.05) is 13.2 Å². The summed E-state index contributed by atoms with van der Waals surface area (Å²) < 4.78 is 49.1. The fourth-order valence-electron chi connectivity index (χ4n) is 3.34. The maximum Gasteiger partial charge on any atom is 0.299 e. The number of rotatable bonds is 5. The molecule has 1 atom stereocenters. The van der Waals surface area contributed by atoms with E-state index in [2.05, 4.69) is 21.8 Å². The van der Waals surface area contributed by atoms with Gasteiger partial charge in [0, 0.05) is 30.2 Å². The fraction of sp³-hybridized carbons (Fsp3) is 0.360. The summed E-state index contributed by atoms with van der Waals surface area (Å²) in [6.07, 6.45) is 3.09. The van der Waals surface area contributed by atoms with E-state index in [9.17, 15) is 18.0 Å². The van der Waals surface area contributed by atoms with Crippen LogP contribution in [0.4, 0.5) is 13.2 Å². The number of amidine groups is 1. The van der Waals surface area contributed by atoms with Crippen LogP contribution in [0.5, 0.6) is 0 Å². The standard InChI is InChI=1S/C24H24F3N3O2.CH2O2/c1-3-4-5-6-16-8-10-20(29-13-16)21(31)12-17-7-9-19(25)18(11-17)23(2)24(26,27)15-32-14-22(28)30-23;2-1-3/h7-11,13H,3-4,12,14-15H2,1-2H3,(H2,28,30);1H,(H,2,3)/t23-;/m1./s1. The molecular weight excluding hydrogens is 463 g/mol. The summed E-state index contributed by atoms with van der Waals surface area (Å²) in [5.41, 5.74) is 4.30. The number of nitrogens with two attached hydrogens (primary N) is 1. The summed E-state index contributed by atoms with van der Waals surface area (Å²) in [4.78, 5) is 29.0. The molecule has 0 amide bonds. The van der Waals surface area contributed by atoms with Crippen LogP contribution >= 0.6 is 0 Å². The van der Waals surface area contributed by atoms with Gasteiger partial charge in [0.2, 0.25) is 0 Å². The highest BCUT2D eigenvalue weighted by Crippen LogP contribution is 2.43. The summed E-state index contributed by atoms with van der Waals surface area (Å²) >= 11 is 0. The number of hydrogen-bond donors (Lipinski definition) is 2. The predicted molar refractivity (Wildman–Crippen MR) is 124 cm³/mol. The van der Waals surface area contributed by atoms with Gasteiger partial charge in [-0.1, -0.05) is 24.8 Å². The number of unbranched alkanes of at least 4 members (excludes halogenated alkanes) is 1. The molecule has 0 aliphatic carbocycles. The minimum Gasteiger partial charge on any atom is -0.483 e. The van der Waals surface area contributed by atoms with Crippen molar-refractivity contribution in [2.45, 2.75) is 44.6 Å². The average Bonchev–Trinajstić information content (AvgIpc) is 2.91. The molecule has 1 aromatic carbocycles. The third kappa shape index (κ3) is 6.90. The zero-order valence-electron chi connectivity index (χ0n) is 19.4. The van der Waals surface area contributed by atoms with Gasteiger partial charge in [-0.05, 0) is 43.2 Å². The van der Waals surface area contributed by atoms with Crippen LogP contribution in [0.1, 0.15) is 53.9 Å². The van der Waals surface area contributed by atoms with Crippen molar-refractivity contribution in [3.8, 4) is 11.8 Å². The van der Waals surface area contributed by atoms with Gasteiger partial charge >= 0.3 is 0 Å². The van der Waals surface area contributed by atoms with Crippen LogP contribution in [0.3, 0.4) is 0 Å². The lowest BCUT2D eigenvalue weighted by molar-refractivity contribution is -0.122. The smallest absolute Gasteiger partial charge is 0.299 e. The van der Waals surface area contributed by atoms with E-state index in [4.69, 9.17) is 20.4 Å². The summed E-state index contributed by atoms with van der Waals surface area (Å²) in [6, 6.07) is 6.92. The van der Waals surface area contributed by atoms with Crippen LogP contribution in [-0.2, 0) is 21.5 Å². The van der Waals surface area contributed by atoms with E-state index in [1.807, 2.05) is 6.92 Å². The molecule has 1 aliphatic rings. The van der Waals surface area contributed by atoms with Crippen molar-refractivity contribution in [3.05, 3.63) is 64.7 Å². The molecule has 0 fully saturated rings. The van der Waals surface area contributed by atoms with Gasteiger partial charge in [0.15, 0.2) is 11.3 Å². The summed E-state index contributed by atoms with van der Waals surface area (Å²) in [5, 5.41) is 6.89. The van der Waals surface area contributed by atoms with E-state index in [0.717, 1.165) is 25.8 Å². The number of carboxylic acid groups (broad SMARTS) is 1. The van der Waals surface area contributed by atoms with E-state index in [1.54, 1.807) is 12.1 Å². The zero-order valence-corrected chi connectivity index (χ0v) is 19.4. The number of aliphatic imine (C=N–C) groups is 1. The maximum atomic E-state index is 14.8. The number of aromatic nitrogens is 1. The van der Waals surface area contributed by atoms with Gasteiger partial charge in [-0.25, -0.2) is 13.2 Å². The Morgan fingerprint density at radius 2 is 2.03 bits per heavy atom. The van der Waals surface area contributed by atoms with Gasteiger partial charge in [-0.3, -0.25) is 19.6 Å². The zero-order chi connectivity index (χ0) is 26.1. The molecule has 35 heavy (non-hydrogen) atoms. The largest absolute Gasteiger partial charge is 0.483 e. The van der Waals surface area contributed by atoms with Gasteiger partial charge in [0.05, 0.1) is 0 Å². The average molecular weight is 489 g/mol. The van der Waals surface area contributed by atoms with Crippen LogP contribution < -0.4 is 5.73 Å². The number of carbonyl (C=O) groups excluding carboxylic acids is 1. The van der Waals surface area contributed by atoms with E-state index in [1.165, 1.54) is 18.3 Å². The maximum absolute atomic E-state index is 14.8. The molecule has 3 rings (SSSR count). The Morgan fingerprint density at radius 1 is 1.31 bits per heavy atom. The molecule has 0 spiro atoms. The lowest BCUT2D eigenvalue weighted by atomic mass is 9.84. The molecule has 2 aromatic rings. The van der Waals surface area contributed by atoms with Gasteiger partial charge in [-0.15, -0.1) is 0 Å². The molecular formula is C25H26F3N3O4. The second-order valence-corrected chi connectivity index (χ2v) is 7.88. The molecule has 10 heteroatoms. The first-order chi connectivity index (χ1) is 16.6. The Morgan fingerprint density at radius 3 is 2.66 bits per heavy atom. The monoisotopic (exact) mass is 489 g/mol. The SMILES string of the molecule is CCCC#Cc1ccc(C(=O)Cc2ccc(F)c([C@@]3(C)N=C(N)COCC3(F)F)c2)nc1.O=CO. The van der Waals surface area contributed by atoms with Crippen molar-refractivity contribution in [1.29, 1.82) is 0 Å². The Hall–Kier alpha value is -3.71. The molecule has 1 aromatic heterocycles. The molecule has 2 heterocycles. The molecule has 1 aliphatic heterocycles. The van der Waals surface area contributed by atoms with E-state index < -0.39 is 23.9 Å². The van der Waals surface area contributed by atoms with Crippen molar-refractivity contribution >= 4 is 18.1 Å². The fourth-order valence-corrected chi connectivity index (χ4v) is 3.34. The first kappa shape index (κ1) is 27.5. The highest BCUT2D eigenvalue weighted by atomic mass is 19.3. The predicted octanol–water partition coefficient (Wildman–Crippen LogP) is 3.74. The summed E-state index contributed by atoms with van der Waals surface area (Å²) in [7, 11) is 0. The second-order valence-electron chi connectivity index (χ2n) is 7.88. The quantitative estimate of drug-likeness (QED) is 0.376. The van der Waals surface area contributed by atoms with Crippen LogP contribution in [0.25, 0.3) is 0 Å². The van der Waals surface area contributed by atoms with E-state index in [-0.39, 0.29) is 42.4 Å². The minimum absolute atomic E-state index is 0.140. The number of Topliss-reactive ketones (excluding diaryl/α,β-unsaturated/α-hetero) is 1. The molecule has 3 N–H and O–H groups in total. The lowest BCUT2D eigenvalue weighted by Crippen LogP contribution is -2.45. The highest BCUT2D eigenvalue weighted by molar-refractivity contribution is 5.95. The molecule has 0 unspecified atom stereocenters. The van der Waals surface area contributed by atoms with Crippen LogP contribution in [0, 0.1) is 17.7 Å². The molecule has 0 radical (unpaired) electrons. The number of halogens is 3. The first-order valence-electron chi connectivity index (χ1n) is 10.7. The third-order valence-corrected chi connectivity index (χ3v) is 5.19. The first-order valence-corrected chi connectivity index (χ1v) is 10.7. The minimum atomic E-state index is -3.51.